The zero-order valence-electron chi connectivity index (χ0n) is 10.8. The average molecular weight is 288 g/mol. The topological polar surface area (TPSA) is 48.7 Å². The van der Waals surface area contributed by atoms with Crippen molar-refractivity contribution in [2.75, 3.05) is 7.11 Å². The highest BCUT2D eigenvalue weighted by atomic mass is 32.1. The van der Waals surface area contributed by atoms with Crippen LogP contribution in [0.5, 0.6) is 5.75 Å². The number of thiophene rings is 1. The maximum atomic E-state index is 11.9. The summed E-state index contributed by atoms with van der Waals surface area (Å²) in [5.41, 5.74) is 0.784. The van der Waals surface area contributed by atoms with Crippen LogP contribution in [-0.2, 0) is 11.3 Å². The molecule has 0 fully saturated rings. The van der Waals surface area contributed by atoms with Crippen LogP contribution in [0.3, 0.4) is 0 Å². The Bertz CT molecular complexity index is 708. The molecule has 102 valence electrons. The molecule has 0 aliphatic heterocycles. The number of carbonyl (C=O) groups excluding carboxylic acids is 1. The fourth-order valence-electron chi connectivity index (χ4n) is 1.92. The Hall–Kier alpha value is -2.27. The monoisotopic (exact) mass is 288 g/mol. The molecule has 0 N–H and O–H groups in total. The van der Waals surface area contributed by atoms with Crippen molar-refractivity contribution in [3.8, 4) is 5.75 Å². The van der Waals surface area contributed by atoms with Crippen molar-refractivity contribution in [1.29, 1.82) is 0 Å². The first-order chi connectivity index (χ1) is 9.78. The molecule has 0 amide bonds. The zero-order valence-corrected chi connectivity index (χ0v) is 11.6. The van der Waals surface area contributed by atoms with Crippen molar-refractivity contribution in [2.45, 2.75) is 6.61 Å². The number of para-hydroxylation sites is 1. The molecule has 0 unspecified atom stereocenters. The van der Waals surface area contributed by atoms with E-state index < -0.39 is 5.97 Å². The fourth-order valence-corrected chi connectivity index (χ4v) is 2.67. The lowest BCUT2D eigenvalue weighted by molar-refractivity contribution is 0.0450. The first kappa shape index (κ1) is 12.7. The molecule has 0 atom stereocenters. The van der Waals surface area contributed by atoms with Crippen LogP contribution in [0.1, 0.15) is 15.4 Å². The lowest BCUT2D eigenvalue weighted by Gasteiger charge is -2.03. The van der Waals surface area contributed by atoms with Crippen molar-refractivity contribution in [3.05, 3.63) is 52.4 Å². The normalized spacial score (nSPS) is 10.7. The first-order valence-electron chi connectivity index (χ1n) is 6.04. The van der Waals surface area contributed by atoms with Crippen LogP contribution in [0.4, 0.5) is 0 Å². The number of ether oxygens (including phenoxy) is 2. The van der Waals surface area contributed by atoms with Gasteiger partial charge in [-0.2, -0.15) is 0 Å². The molecular formula is C15H12O4S. The van der Waals surface area contributed by atoms with E-state index in [1.54, 1.807) is 11.4 Å². The Kier molecular flexibility index (Phi) is 3.43. The number of methoxy groups -OCH3 is 1. The molecule has 4 nitrogen and oxygen atoms in total. The Morgan fingerprint density at radius 1 is 1.30 bits per heavy atom. The Morgan fingerprint density at radius 2 is 2.15 bits per heavy atom. The maximum Gasteiger partial charge on any atom is 0.352 e. The Morgan fingerprint density at radius 3 is 2.95 bits per heavy atom. The standard InChI is InChI=1S/C15H12O4S/c1-17-13-6-7-20-14(13)15(16)18-9-11-8-10-4-2-3-5-12(10)19-11/h2-8H,9H2,1H3. The highest BCUT2D eigenvalue weighted by molar-refractivity contribution is 7.12. The van der Waals surface area contributed by atoms with Crippen LogP contribution >= 0.6 is 11.3 Å². The number of carbonyl (C=O) groups is 1. The van der Waals surface area contributed by atoms with Crippen LogP contribution in [0.25, 0.3) is 11.0 Å². The van der Waals surface area contributed by atoms with Crippen molar-refractivity contribution in [3.63, 3.8) is 0 Å². The van der Waals surface area contributed by atoms with Crippen LogP contribution < -0.4 is 4.74 Å². The average Bonchev–Trinajstić information content (AvgIpc) is 3.10. The molecule has 2 aromatic heterocycles. The molecular weight excluding hydrogens is 276 g/mol. The summed E-state index contributed by atoms with van der Waals surface area (Å²) in [5, 5.41) is 2.78. The minimum atomic E-state index is -0.405. The Balaban J connectivity index is 1.71. The van der Waals surface area contributed by atoms with Crippen molar-refractivity contribution in [2.24, 2.45) is 0 Å². The minimum absolute atomic E-state index is 0.106. The SMILES string of the molecule is COc1ccsc1C(=O)OCc1cc2ccccc2o1. The third-order valence-corrected chi connectivity index (χ3v) is 3.73. The summed E-state index contributed by atoms with van der Waals surface area (Å²) in [7, 11) is 1.53. The Labute approximate surface area is 119 Å². The van der Waals surface area contributed by atoms with Crippen molar-refractivity contribution < 1.29 is 18.7 Å². The van der Waals surface area contributed by atoms with Gasteiger partial charge >= 0.3 is 5.97 Å². The molecule has 0 aliphatic carbocycles. The van der Waals surface area contributed by atoms with Gasteiger partial charge in [0.05, 0.1) is 7.11 Å². The number of benzene rings is 1. The van der Waals surface area contributed by atoms with E-state index in [4.69, 9.17) is 13.9 Å². The van der Waals surface area contributed by atoms with Gasteiger partial charge in [-0.15, -0.1) is 11.3 Å². The first-order valence-corrected chi connectivity index (χ1v) is 6.92. The zero-order chi connectivity index (χ0) is 13.9. The van der Waals surface area contributed by atoms with E-state index in [2.05, 4.69) is 0 Å². The predicted octanol–water partition coefficient (Wildman–Crippen LogP) is 3.86. The summed E-state index contributed by atoms with van der Waals surface area (Å²) >= 11 is 1.29. The molecule has 2 heterocycles. The molecule has 0 spiro atoms. The molecule has 0 radical (unpaired) electrons. The summed E-state index contributed by atoms with van der Waals surface area (Å²) in [6, 6.07) is 11.3. The molecule has 1 aromatic carbocycles. The number of fused-ring (bicyclic) bond motifs is 1. The van der Waals surface area contributed by atoms with Gasteiger partial charge in [-0.25, -0.2) is 4.79 Å². The van der Waals surface area contributed by atoms with Gasteiger partial charge in [0.1, 0.15) is 23.7 Å². The fraction of sp³-hybridized carbons (Fsp3) is 0.133. The molecule has 0 aliphatic rings. The van der Waals surface area contributed by atoms with E-state index in [9.17, 15) is 4.79 Å². The van der Waals surface area contributed by atoms with Crippen molar-refractivity contribution in [1.82, 2.24) is 0 Å². The van der Waals surface area contributed by atoms with E-state index in [0.717, 1.165) is 11.0 Å². The van der Waals surface area contributed by atoms with Gasteiger partial charge in [0.2, 0.25) is 0 Å². The molecule has 3 aromatic rings. The van der Waals surface area contributed by atoms with Gasteiger partial charge in [-0.1, -0.05) is 18.2 Å². The molecule has 0 saturated carbocycles. The quantitative estimate of drug-likeness (QED) is 0.684. The lowest BCUT2D eigenvalue weighted by atomic mass is 10.2. The van der Waals surface area contributed by atoms with Gasteiger partial charge in [-0.3, -0.25) is 0 Å². The van der Waals surface area contributed by atoms with Crippen LogP contribution in [0, 0.1) is 0 Å². The number of esters is 1. The third-order valence-electron chi connectivity index (χ3n) is 2.86. The summed E-state index contributed by atoms with van der Waals surface area (Å²) in [6.45, 7) is 0.106. The number of hydrogen-bond acceptors (Lipinski definition) is 5. The summed E-state index contributed by atoms with van der Waals surface area (Å²) < 4.78 is 15.9. The van der Waals surface area contributed by atoms with E-state index in [1.807, 2.05) is 30.3 Å². The summed E-state index contributed by atoms with van der Waals surface area (Å²) in [5.74, 6) is 0.747. The van der Waals surface area contributed by atoms with E-state index in [1.165, 1.54) is 18.4 Å². The van der Waals surface area contributed by atoms with Gasteiger partial charge in [0.25, 0.3) is 0 Å². The highest BCUT2D eigenvalue weighted by Crippen LogP contribution is 2.26. The molecule has 3 rings (SSSR count). The second kappa shape index (κ2) is 5.38. The summed E-state index contributed by atoms with van der Waals surface area (Å²) in [4.78, 5) is 12.4. The number of furan rings is 1. The van der Waals surface area contributed by atoms with Crippen molar-refractivity contribution >= 4 is 28.3 Å². The second-order valence-electron chi connectivity index (χ2n) is 4.14. The third kappa shape index (κ3) is 2.40. The molecule has 20 heavy (non-hydrogen) atoms. The van der Waals surface area contributed by atoms with Crippen LogP contribution in [-0.4, -0.2) is 13.1 Å². The van der Waals surface area contributed by atoms with Crippen LogP contribution in [0.15, 0.2) is 46.2 Å². The van der Waals surface area contributed by atoms with E-state index >= 15 is 0 Å². The lowest BCUT2D eigenvalue weighted by Crippen LogP contribution is -2.04. The van der Waals surface area contributed by atoms with E-state index in [0.29, 0.717) is 16.4 Å². The predicted molar refractivity (Wildman–Crippen MR) is 76.2 cm³/mol. The number of rotatable bonds is 4. The second-order valence-corrected chi connectivity index (χ2v) is 5.06. The van der Waals surface area contributed by atoms with Gasteiger partial charge in [-0.05, 0) is 23.6 Å². The molecule has 0 saturated heterocycles. The van der Waals surface area contributed by atoms with Gasteiger partial charge < -0.3 is 13.9 Å². The minimum Gasteiger partial charge on any atom is -0.495 e. The van der Waals surface area contributed by atoms with E-state index in [-0.39, 0.29) is 6.61 Å². The summed E-state index contributed by atoms with van der Waals surface area (Å²) in [6.07, 6.45) is 0. The smallest absolute Gasteiger partial charge is 0.352 e. The van der Waals surface area contributed by atoms with Gasteiger partial charge in [0.15, 0.2) is 4.88 Å². The number of hydrogen-bond donors (Lipinski definition) is 0. The van der Waals surface area contributed by atoms with Gasteiger partial charge in [0, 0.05) is 5.39 Å². The largest absolute Gasteiger partial charge is 0.495 e. The molecule has 0 bridgehead atoms. The highest BCUT2D eigenvalue weighted by Gasteiger charge is 2.16. The van der Waals surface area contributed by atoms with Crippen LogP contribution in [0.2, 0.25) is 0 Å². The maximum absolute atomic E-state index is 11.9. The molecule has 5 heteroatoms.